The molecule has 0 amide bonds. The molecule has 1 aromatic rings. The van der Waals surface area contributed by atoms with E-state index < -0.39 is 0 Å². The van der Waals surface area contributed by atoms with E-state index in [1.165, 1.54) is 12.8 Å². The highest BCUT2D eigenvalue weighted by molar-refractivity contribution is 6.30. The zero-order chi connectivity index (χ0) is 9.97. The zero-order valence-electron chi connectivity index (χ0n) is 7.70. The monoisotopic (exact) mass is 210 g/mol. The fraction of sp³-hybridized carbons (Fsp3) is 0.364. The van der Waals surface area contributed by atoms with E-state index in [1.54, 1.807) is 18.2 Å². The average molecular weight is 211 g/mol. The van der Waals surface area contributed by atoms with Gasteiger partial charge in [0.25, 0.3) is 0 Å². The molecule has 0 unspecified atom stereocenters. The van der Waals surface area contributed by atoms with Crippen LogP contribution >= 0.6 is 11.6 Å². The second-order valence-electron chi connectivity index (χ2n) is 3.55. The third-order valence-corrected chi connectivity index (χ3v) is 2.51. The number of halogens is 1. The Morgan fingerprint density at radius 1 is 1.50 bits per heavy atom. The highest BCUT2D eigenvalue weighted by Crippen LogP contribution is 2.30. The SMILES string of the molecule is O=Cc1cc(Cl)ccc1OCC1CC1. The van der Waals surface area contributed by atoms with Gasteiger partial charge in [0, 0.05) is 5.02 Å². The van der Waals surface area contributed by atoms with Crippen LogP contribution in [-0.4, -0.2) is 12.9 Å². The maximum Gasteiger partial charge on any atom is 0.153 e. The predicted octanol–water partition coefficient (Wildman–Crippen LogP) is 2.94. The number of hydrogen-bond acceptors (Lipinski definition) is 2. The standard InChI is InChI=1S/C11H11ClO2/c12-10-3-4-11(9(5-10)6-13)14-7-8-1-2-8/h3-6,8H,1-2,7H2. The van der Waals surface area contributed by atoms with Gasteiger partial charge in [-0.25, -0.2) is 0 Å². The lowest BCUT2D eigenvalue weighted by atomic mass is 10.2. The summed E-state index contributed by atoms with van der Waals surface area (Å²) >= 11 is 5.76. The number of ether oxygens (including phenoxy) is 1. The Bertz CT molecular complexity index is 345. The van der Waals surface area contributed by atoms with Crippen LogP contribution in [0.4, 0.5) is 0 Å². The molecule has 1 aromatic carbocycles. The Balaban J connectivity index is 2.09. The van der Waals surface area contributed by atoms with Gasteiger partial charge in [0.1, 0.15) is 5.75 Å². The third-order valence-electron chi connectivity index (χ3n) is 2.27. The first-order chi connectivity index (χ1) is 6.79. The summed E-state index contributed by atoms with van der Waals surface area (Å²) in [5.41, 5.74) is 0.526. The molecule has 0 N–H and O–H groups in total. The highest BCUT2D eigenvalue weighted by Gasteiger charge is 2.22. The van der Waals surface area contributed by atoms with Crippen molar-refractivity contribution in [2.24, 2.45) is 5.92 Å². The van der Waals surface area contributed by atoms with Crippen LogP contribution in [-0.2, 0) is 0 Å². The fourth-order valence-electron chi connectivity index (χ4n) is 1.24. The van der Waals surface area contributed by atoms with Crippen molar-refractivity contribution in [2.75, 3.05) is 6.61 Å². The maximum absolute atomic E-state index is 10.7. The lowest BCUT2D eigenvalue weighted by Crippen LogP contribution is -2.01. The van der Waals surface area contributed by atoms with E-state index in [9.17, 15) is 4.79 Å². The summed E-state index contributed by atoms with van der Waals surface area (Å²) in [6, 6.07) is 5.10. The van der Waals surface area contributed by atoms with E-state index in [1.807, 2.05) is 0 Å². The topological polar surface area (TPSA) is 26.3 Å². The minimum atomic E-state index is 0.526. The molecule has 0 heterocycles. The summed E-state index contributed by atoms with van der Waals surface area (Å²) in [6.07, 6.45) is 3.25. The summed E-state index contributed by atoms with van der Waals surface area (Å²) in [5.74, 6) is 1.32. The molecule has 0 atom stereocenters. The van der Waals surface area contributed by atoms with Crippen molar-refractivity contribution in [1.29, 1.82) is 0 Å². The Morgan fingerprint density at radius 2 is 2.29 bits per heavy atom. The Labute approximate surface area is 87.8 Å². The molecule has 14 heavy (non-hydrogen) atoms. The predicted molar refractivity (Wildman–Crippen MR) is 55.1 cm³/mol. The van der Waals surface area contributed by atoms with Crippen molar-refractivity contribution >= 4 is 17.9 Å². The Kier molecular flexibility index (Phi) is 2.73. The van der Waals surface area contributed by atoms with Gasteiger partial charge in [0.15, 0.2) is 6.29 Å². The van der Waals surface area contributed by atoms with Gasteiger partial charge < -0.3 is 4.74 Å². The Morgan fingerprint density at radius 3 is 2.93 bits per heavy atom. The van der Waals surface area contributed by atoms with Crippen molar-refractivity contribution in [1.82, 2.24) is 0 Å². The van der Waals surface area contributed by atoms with E-state index in [4.69, 9.17) is 16.3 Å². The normalized spacial score (nSPS) is 15.2. The number of aldehydes is 1. The number of hydrogen-bond donors (Lipinski definition) is 0. The first-order valence-electron chi connectivity index (χ1n) is 4.67. The molecular formula is C11H11ClO2. The molecule has 0 bridgehead atoms. The second kappa shape index (κ2) is 4.01. The maximum atomic E-state index is 10.7. The number of carbonyl (C=O) groups excluding carboxylic acids is 1. The molecule has 2 rings (SSSR count). The zero-order valence-corrected chi connectivity index (χ0v) is 8.46. The minimum absolute atomic E-state index is 0.526. The van der Waals surface area contributed by atoms with E-state index in [0.717, 1.165) is 6.29 Å². The van der Waals surface area contributed by atoms with Gasteiger partial charge in [-0.05, 0) is 37.0 Å². The summed E-state index contributed by atoms with van der Waals surface area (Å²) < 4.78 is 5.52. The van der Waals surface area contributed by atoms with Gasteiger partial charge in [-0.15, -0.1) is 0 Å². The molecule has 0 saturated heterocycles. The molecule has 1 fully saturated rings. The Hall–Kier alpha value is -1.02. The van der Waals surface area contributed by atoms with Crippen molar-refractivity contribution < 1.29 is 9.53 Å². The van der Waals surface area contributed by atoms with Crippen molar-refractivity contribution in [3.63, 3.8) is 0 Å². The van der Waals surface area contributed by atoms with Gasteiger partial charge in [-0.2, -0.15) is 0 Å². The fourth-order valence-corrected chi connectivity index (χ4v) is 1.42. The summed E-state index contributed by atoms with van der Waals surface area (Å²) in [5, 5.41) is 0.561. The summed E-state index contributed by atoms with van der Waals surface area (Å²) in [4.78, 5) is 10.7. The van der Waals surface area contributed by atoms with Crippen molar-refractivity contribution in [3.05, 3.63) is 28.8 Å². The van der Waals surface area contributed by atoms with Crippen LogP contribution in [0.1, 0.15) is 23.2 Å². The molecule has 3 heteroatoms. The first kappa shape index (κ1) is 9.53. The van der Waals surface area contributed by atoms with Gasteiger partial charge in [0.05, 0.1) is 12.2 Å². The molecule has 0 spiro atoms. The molecule has 0 radical (unpaired) electrons. The van der Waals surface area contributed by atoms with E-state index in [0.29, 0.717) is 28.9 Å². The first-order valence-corrected chi connectivity index (χ1v) is 5.05. The number of rotatable bonds is 4. The van der Waals surface area contributed by atoms with Gasteiger partial charge in [0.2, 0.25) is 0 Å². The van der Waals surface area contributed by atoms with Crippen LogP contribution in [0.15, 0.2) is 18.2 Å². The molecule has 0 aliphatic heterocycles. The molecule has 0 aromatic heterocycles. The summed E-state index contributed by atoms with van der Waals surface area (Å²) in [6.45, 7) is 0.711. The quantitative estimate of drug-likeness (QED) is 0.715. The molecule has 1 aliphatic rings. The number of benzene rings is 1. The molecule has 74 valence electrons. The van der Waals surface area contributed by atoms with E-state index in [-0.39, 0.29) is 0 Å². The molecular weight excluding hydrogens is 200 g/mol. The smallest absolute Gasteiger partial charge is 0.153 e. The summed E-state index contributed by atoms with van der Waals surface area (Å²) in [7, 11) is 0. The van der Waals surface area contributed by atoms with Crippen LogP contribution in [0.2, 0.25) is 5.02 Å². The van der Waals surface area contributed by atoms with Crippen LogP contribution < -0.4 is 4.74 Å². The highest BCUT2D eigenvalue weighted by atomic mass is 35.5. The van der Waals surface area contributed by atoms with Crippen LogP contribution in [0.3, 0.4) is 0 Å². The van der Waals surface area contributed by atoms with Crippen LogP contribution in [0, 0.1) is 5.92 Å². The lowest BCUT2D eigenvalue weighted by Gasteiger charge is -2.07. The molecule has 1 aliphatic carbocycles. The van der Waals surface area contributed by atoms with Crippen molar-refractivity contribution in [3.8, 4) is 5.75 Å². The van der Waals surface area contributed by atoms with Gasteiger partial charge in [-0.1, -0.05) is 11.6 Å². The second-order valence-corrected chi connectivity index (χ2v) is 3.99. The molecule has 1 saturated carbocycles. The van der Waals surface area contributed by atoms with Crippen LogP contribution in [0.25, 0.3) is 0 Å². The largest absolute Gasteiger partial charge is 0.493 e. The van der Waals surface area contributed by atoms with Gasteiger partial charge in [-0.3, -0.25) is 4.79 Å². The number of carbonyl (C=O) groups is 1. The van der Waals surface area contributed by atoms with E-state index >= 15 is 0 Å². The van der Waals surface area contributed by atoms with Crippen molar-refractivity contribution in [2.45, 2.75) is 12.8 Å². The molecule has 2 nitrogen and oxygen atoms in total. The minimum Gasteiger partial charge on any atom is -0.493 e. The van der Waals surface area contributed by atoms with E-state index in [2.05, 4.69) is 0 Å². The third kappa shape index (κ3) is 2.26. The average Bonchev–Trinajstić information content (AvgIpc) is 2.99. The van der Waals surface area contributed by atoms with Crippen LogP contribution in [0.5, 0.6) is 5.75 Å². The van der Waals surface area contributed by atoms with Gasteiger partial charge >= 0.3 is 0 Å². The lowest BCUT2D eigenvalue weighted by molar-refractivity contribution is 0.111.